The maximum Gasteiger partial charge on any atom is 0.274 e. The van der Waals surface area contributed by atoms with Gasteiger partial charge in [0.15, 0.2) is 0 Å². The van der Waals surface area contributed by atoms with Gasteiger partial charge in [0.05, 0.1) is 17.6 Å². The molecule has 0 bridgehead atoms. The molecule has 0 radical (unpaired) electrons. The summed E-state index contributed by atoms with van der Waals surface area (Å²) in [6.45, 7) is 4.74. The maximum absolute atomic E-state index is 12.8. The van der Waals surface area contributed by atoms with Gasteiger partial charge in [-0.1, -0.05) is 19.3 Å². The third-order valence-corrected chi connectivity index (χ3v) is 7.07. The second kappa shape index (κ2) is 8.49. The number of H-pyrrole nitrogens is 1. The second-order valence-electron chi connectivity index (χ2n) is 9.17. The van der Waals surface area contributed by atoms with Gasteiger partial charge in [-0.3, -0.25) is 19.5 Å². The minimum atomic E-state index is -0.112. The number of rotatable bonds is 3. The topological polar surface area (TPSA) is 95.1 Å². The number of carbonyl (C=O) groups excluding carboxylic acids is 1. The number of aryl methyl sites for hydroxylation is 1. The van der Waals surface area contributed by atoms with Crippen molar-refractivity contribution in [2.75, 3.05) is 19.6 Å². The average molecular weight is 423 g/mol. The number of nitrogens with zero attached hydrogens (tertiary/aromatic N) is 5. The monoisotopic (exact) mass is 422 g/mol. The minimum Gasteiger partial charge on any atom is -0.337 e. The van der Waals surface area contributed by atoms with E-state index in [1.807, 2.05) is 6.92 Å². The van der Waals surface area contributed by atoms with Crippen LogP contribution in [0.15, 0.2) is 17.2 Å². The predicted octanol–water partition coefficient (Wildman–Crippen LogP) is 2.19. The molecule has 1 aliphatic carbocycles. The third-order valence-electron chi connectivity index (χ3n) is 7.07. The number of aromatic nitrogens is 4. The minimum absolute atomic E-state index is 0.00234. The van der Waals surface area contributed by atoms with Crippen molar-refractivity contribution in [1.29, 1.82) is 0 Å². The van der Waals surface area contributed by atoms with E-state index in [1.165, 1.54) is 38.3 Å². The first-order chi connectivity index (χ1) is 15.1. The molecule has 3 aliphatic rings. The van der Waals surface area contributed by atoms with E-state index in [0.29, 0.717) is 24.8 Å². The first-order valence-corrected chi connectivity index (χ1v) is 11.5. The zero-order chi connectivity index (χ0) is 21.4. The molecule has 5 rings (SSSR count). The van der Waals surface area contributed by atoms with Crippen molar-refractivity contribution in [1.82, 2.24) is 29.7 Å². The highest BCUT2D eigenvalue weighted by Crippen LogP contribution is 2.29. The summed E-state index contributed by atoms with van der Waals surface area (Å²) in [5.41, 5.74) is 2.93. The van der Waals surface area contributed by atoms with Crippen LogP contribution in [0.5, 0.6) is 0 Å². The lowest BCUT2D eigenvalue weighted by molar-refractivity contribution is 0.0784. The number of hydrogen-bond acceptors (Lipinski definition) is 6. The van der Waals surface area contributed by atoms with E-state index >= 15 is 0 Å². The fraction of sp³-hybridized carbons (Fsp3) is 0.609. The number of likely N-dealkylation sites (tertiary alicyclic amines) is 1. The molecule has 1 saturated heterocycles. The van der Waals surface area contributed by atoms with E-state index in [0.717, 1.165) is 48.7 Å². The number of hydrogen-bond donors (Lipinski definition) is 1. The summed E-state index contributed by atoms with van der Waals surface area (Å²) in [6.07, 6.45) is 11.2. The summed E-state index contributed by atoms with van der Waals surface area (Å²) in [5.74, 6) is 0.656. The molecule has 1 unspecified atom stereocenters. The number of carbonyl (C=O) groups is 1. The highest BCUT2D eigenvalue weighted by atomic mass is 16.2. The molecule has 2 aromatic heterocycles. The lowest BCUT2D eigenvalue weighted by Crippen LogP contribution is -2.42. The molecular formula is C23H30N6O2. The SMILES string of the molecule is Cc1cnc(C(=O)N2CCC(c3nc4c(c(=O)[nH]3)CCN(C3CCCCC3)C4)C2)cn1. The van der Waals surface area contributed by atoms with Crippen LogP contribution in [0.4, 0.5) is 0 Å². The third kappa shape index (κ3) is 4.13. The number of aromatic amines is 1. The first-order valence-electron chi connectivity index (χ1n) is 11.5. The number of amides is 1. The standard InChI is InChI=1S/C23H30N6O2/c1-15-11-25-19(12-24-15)23(31)29-9-7-16(13-29)21-26-20-14-28(17-5-3-2-4-6-17)10-8-18(20)22(30)27-21/h11-12,16-17H,2-10,13-14H2,1H3,(H,26,27,30). The van der Waals surface area contributed by atoms with Gasteiger partial charge in [-0.05, 0) is 32.6 Å². The Morgan fingerprint density at radius 1 is 1.10 bits per heavy atom. The summed E-state index contributed by atoms with van der Waals surface area (Å²) < 4.78 is 0. The molecule has 8 heteroatoms. The normalized spacial score (nSPS) is 22.5. The summed E-state index contributed by atoms with van der Waals surface area (Å²) >= 11 is 0. The maximum atomic E-state index is 12.8. The van der Waals surface area contributed by atoms with E-state index < -0.39 is 0 Å². The Morgan fingerprint density at radius 2 is 1.94 bits per heavy atom. The Labute approximate surface area is 182 Å². The number of nitrogens with one attached hydrogen (secondary N) is 1. The van der Waals surface area contributed by atoms with Gasteiger partial charge in [-0.15, -0.1) is 0 Å². The van der Waals surface area contributed by atoms with Crippen molar-refractivity contribution < 1.29 is 4.79 Å². The molecule has 0 aromatic carbocycles. The molecule has 164 valence electrons. The van der Waals surface area contributed by atoms with Gasteiger partial charge >= 0.3 is 0 Å². The van der Waals surface area contributed by atoms with E-state index in [1.54, 1.807) is 11.1 Å². The molecule has 4 heterocycles. The molecule has 1 atom stereocenters. The molecule has 1 amide bonds. The summed E-state index contributed by atoms with van der Waals surface area (Å²) in [6, 6.07) is 0.627. The van der Waals surface area contributed by atoms with E-state index in [4.69, 9.17) is 4.98 Å². The molecule has 2 fully saturated rings. The largest absolute Gasteiger partial charge is 0.337 e. The van der Waals surface area contributed by atoms with Crippen molar-refractivity contribution in [3.8, 4) is 0 Å². The van der Waals surface area contributed by atoms with Crippen LogP contribution >= 0.6 is 0 Å². The predicted molar refractivity (Wildman–Crippen MR) is 116 cm³/mol. The molecular weight excluding hydrogens is 392 g/mol. The van der Waals surface area contributed by atoms with Crippen LogP contribution in [0.3, 0.4) is 0 Å². The van der Waals surface area contributed by atoms with Crippen LogP contribution in [-0.4, -0.2) is 61.3 Å². The van der Waals surface area contributed by atoms with Crippen LogP contribution in [0.1, 0.15) is 77.7 Å². The van der Waals surface area contributed by atoms with Gasteiger partial charge in [0.1, 0.15) is 11.5 Å². The first kappa shape index (κ1) is 20.3. The lowest BCUT2D eigenvalue weighted by atomic mass is 9.92. The molecule has 1 N–H and O–H groups in total. The van der Waals surface area contributed by atoms with Gasteiger partial charge in [0.2, 0.25) is 0 Å². The smallest absolute Gasteiger partial charge is 0.274 e. The van der Waals surface area contributed by atoms with Crippen LogP contribution in [-0.2, 0) is 13.0 Å². The Bertz CT molecular complexity index is 1010. The van der Waals surface area contributed by atoms with E-state index in [-0.39, 0.29) is 17.4 Å². The fourth-order valence-electron chi connectivity index (χ4n) is 5.26. The van der Waals surface area contributed by atoms with E-state index in [2.05, 4.69) is 19.9 Å². The molecule has 2 aliphatic heterocycles. The van der Waals surface area contributed by atoms with Crippen LogP contribution in [0, 0.1) is 6.92 Å². The van der Waals surface area contributed by atoms with Gasteiger partial charge in [0.25, 0.3) is 11.5 Å². The zero-order valence-corrected chi connectivity index (χ0v) is 18.1. The molecule has 1 saturated carbocycles. The zero-order valence-electron chi connectivity index (χ0n) is 18.1. The highest BCUT2D eigenvalue weighted by Gasteiger charge is 2.32. The van der Waals surface area contributed by atoms with Gasteiger partial charge in [-0.25, -0.2) is 9.97 Å². The second-order valence-corrected chi connectivity index (χ2v) is 9.17. The van der Waals surface area contributed by atoms with Gasteiger partial charge in [-0.2, -0.15) is 0 Å². The van der Waals surface area contributed by atoms with Crippen molar-refractivity contribution in [3.63, 3.8) is 0 Å². The highest BCUT2D eigenvalue weighted by molar-refractivity contribution is 5.92. The number of fused-ring (bicyclic) bond motifs is 1. The summed E-state index contributed by atoms with van der Waals surface area (Å²) in [7, 11) is 0. The van der Waals surface area contributed by atoms with Crippen LogP contribution in [0.2, 0.25) is 0 Å². The molecule has 2 aromatic rings. The van der Waals surface area contributed by atoms with Gasteiger partial charge < -0.3 is 9.88 Å². The summed E-state index contributed by atoms with van der Waals surface area (Å²) in [5, 5.41) is 0. The Kier molecular flexibility index (Phi) is 5.56. The summed E-state index contributed by atoms with van der Waals surface area (Å²) in [4.78, 5) is 46.2. The van der Waals surface area contributed by atoms with Crippen LogP contribution in [0.25, 0.3) is 0 Å². The van der Waals surface area contributed by atoms with E-state index in [9.17, 15) is 9.59 Å². The van der Waals surface area contributed by atoms with Gasteiger partial charge in [0, 0.05) is 49.9 Å². The fourth-order valence-corrected chi connectivity index (χ4v) is 5.26. The Morgan fingerprint density at radius 3 is 2.71 bits per heavy atom. The van der Waals surface area contributed by atoms with Crippen LogP contribution < -0.4 is 5.56 Å². The Hall–Kier alpha value is -2.61. The van der Waals surface area contributed by atoms with Crippen molar-refractivity contribution in [3.05, 3.63) is 51.2 Å². The molecule has 0 spiro atoms. The average Bonchev–Trinajstić information content (AvgIpc) is 3.30. The lowest BCUT2D eigenvalue weighted by Gasteiger charge is -2.37. The van der Waals surface area contributed by atoms with Crippen molar-refractivity contribution >= 4 is 5.91 Å². The Balaban J connectivity index is 1.31. The molecule has 8 nitrogen and oxygen atoms in total. The molecule has 31 heavy (non-hydrogen) atoms. The van der Waals surface area contributed by atoms with Crippen molar-refractivity contribution in [2.45, 2.75) is 70.4 Å². The quantitative estimate of drug-likeness (QED) is 0.815. The van der Waals surface area contributed by atoms with Crippen molar-refractivity contribution in [2.24, 2.45) is 0 Å².